The summed E-state index contributed by atoms with van der Waals surface area (Å²) in [4.78, 5) is 10.9. The van der Waals surface area contributed by atoms with Gasteiger partial charge in [-0.2, -0.15) is 0 Å². The molecule has 0 aromatic heterocycles. The Morgan fingerprint density at radius 3 is 2.65 bits per heavy atom. The normalized spacial score (nSPS) is 11.6. The van der Waals surface area contributed by atoms with Gasteiger partial charge in [0.1, 0.15) is 0 Å². The van der Waals surface area contributed by atoms with E-state index in [2.05, 4.69) is 20.7 Å². The molecular formula is C12H16BrNO5S. The number of aromatic carboxylic acids is 1. The van der Waals surface area contributed by atoms with Crippen molar-refractivity contribution in [3.8, 4) is 0 Å². The minimum atomic E-state index is -3.77. The van der Waals surface area contributed by atoms with Crippen molar-refractivity contribution in [1.82, 2.24) is 4.72 Å². The van der Waals surface area contributed by atoms with Gasteiger partial charge in [0.05, 0.1) is 17.1 Å². The zero-order chi connectivity index (χ0) is 15.3. The fourth-order valence-electron chi connectivity index (χ4n) is 1.53. The quantitative estimate of drug-likeness (QED) is 0.718. The molecule has 0 atom stereocenters. The third-order valence-electron chi connectivity index (χ3n) is 2.58. The SMILES string of the molecule is CCOCCNS(=O)(=O)c1cc(C(=O)O)cc(Br)c1C. The van der Waals surface area contributed by atoms with Gasteiger partial charge >= 0.3 is 5.97 Å². The molecule has 1 aromatic rings. The first-order valence-electron chi connectivity index (χ1n) is 5.90. The van der Waals surface area contributed by atoms with Crippen LogP contribution in [0.5, 0.6) is 0 Å². The lowest BCUT2D eigenvalue weighted by Crippen LogP contribution is -2.28. The van der Waals surface area contributed by atoms with Gasteiger partial charge in [-0.25, -0.2) is 17.9 Å². The smallest absolute Gasteiger partial charge is 0.335 e. The number of carboxylic acids is 1. The van der Waals surface area contributed by atoms with Crippen LogP contribution < -0.4 is 4.72 Å². The molecule has 112 valence electrons. The Balaban J connectivity index is 3.07. The van der Waals surface area contributed by atoms with Gasteiger partial charge in [-0.1, -0.05) is 15.9 Å². The molecule has 0 heterocycles. The van der Waals surface area contributed by atoms with Crippen LogP contribution in [-0.2, 0) is 14.8 Å². The standard InChI is InChI=1S/C12H16BrNO5S/c1-3-19-5-4-14-20(17,18)11-7-9(12(15)16)6-10(13)8(11)2/h6-7,14H,3-5H2,1-2H3,(H,15,16). The largest absolute Gasteiger partial charge is 0.478 e. The molecule has 1 aromatic carbocycles. The summed E-state index contributed by atoms with van der Waals surface area (Å²) < 4.78 is 32.2. The van der Waals surface area contributed by atoms with Crippen LogP contribution in [0.2, 0.25) is 0 Å². The van der Waals surface area contributed by atoms with Crippen molar-refractivity contribution in [2.75, 3.05) is 19.8 Å². The Hall–Kier alpha value is -0.960. The van der Waals surface area contributed by atoms with Crippen molar-refractivity contribution in [3.63, 3.8) is 0 Å². The molecule has 2 N–H and O–H groups in total. The van der Waals surface area contributed by atoms with Crippen molar-refractivity contribution < 1.29 is 23.1 Å². The molecule has 0 saturated heterocycles. The minimum absolute atomic E-state index is 0.0548. The van der Waals surface area contributed by atoms with Crippen molar-refractivity contribution >= 4 is 31.9 Å². The van der Waals surface area contributed by atoms with Crippen molar-refractivity contribution in [1.29, 1.82) is 0 Å². The van der Waals surface area contributed by atoms with Crippen LogP contribution in [0.15, 0.2) is 21.5 Å². The summed E-state index contributed by atoms with van der Waals surface area (Å²) in [6.45, 7) is 4.30. The Kier molecular flexibility index (Phi) is 6.12. The fourth-order valence-corrected chi connectivity index (χ4v) is 3.42. The second-order valence-corrected chi connectivity index (χ2v) is 6.57. The van der Waals surface area contributed by atoms with E-state index in [0.717, 1.165) is 6.07 Å². The van der Waals surface area contributed by atoms with E-state index in [1.165, 1.54) is 6.07 Å². The summed E-state index contributed by atoms with van der Waals surface area (Å²) in [7, 11) is -3.77. The zero-order valence-electron chi connectivity index (χ0n) is 11.1. The summed E-state index contributed by atoms with van der Waals surface area (Å²) in [5, 5.41) is 8.98. The number of carbonyl (C=O) groups is 1. The molecule has 0 spiro atoms. The van der Waals surface area contributed by atoms with Gasteiger partial charge in [0.25, 0.3) is 0 Å². The predicted molar refractivity (Wildman–Crippen MR) is 77.5 cm³/mol. The third-order valence-corrected chi connectivity index (χ3v) is 4.99. The molecule has 20 heavy (non-hydrogen) atoms. The van der Waals surface area contributed by atoms with Crippen LogP contribution in [0.1, 0.15) is 22.8 Å². The molecule has 0 radical (unpaired) electrons. The van der Waals surface area contributed by atoms with E-state index in [-0.39, 0.29) is 23.6 Å². The highest BCUT2D eigenvalue weighted by Crippen LogP contribution is 2.25. The van der Waals surface area contributed by atoms with Crippen LogP contribution in [0.4, 0.5) is 0 Å². The number of benzene rings is 1. The Morgan fingerprint density at radius 1 is 1.45 bits per heavy atom. The Labute approximate surface area is 126 Å². The first-order chi connectivity index (χ1) is 9.29. The lowest BCUT2D eigenvalue weighted by Gasteiger charge is -2.11. The van der Waals surface area contributed by atoms with Gasteiger partial charge in [-0.15, -0.1) is 0 Å². The fraction of sp³-hybridized carbons (Fsp3) is 0.417. The molecule has 1 rings (SSSR count). The lowest BCUT2D eigenvalue weighted by atomic mass is 10.1. The van der Waals surface area contributed by atoms with Gasteiger partial charge in [0.15, 0.2) is 0 Å². The monoisotopic (exact) mass is 365 g/mol. The third kappa shape index (κ3) is 4.27. The van der Waals surface area contributed by atoms with Crippen LogP contribution in [0.3, 0.4) is 0 Å². The molecular weight excluding hydrogens is 350 g/mol. The van der Waals surface area contributed by atoms with Gasteiger partial charge in [-0.05, 0) is 31.5 Å². The summed E-state index contributed by atoms with van der Waals surface area (Å²) in [5.74, 6) is -1.18. The second-order valence-electron chi connectivity index (χ2n) is 3.98. The highest BCUT2D eigenvalue weighted by atomic mass is 79.9. The number of hydrogen-bond acceptors (Lipinski definition) is 4. The average molecular weight is 366 g/mol. The number of nitrogens with one attached hydrogen (secondary N) is 1. The van der Waals surface area contributed by atoms with E-state index in [1.54, 1.807) is 6.92 Å². The highest BCUT2D eigenvalue weighted by molar-refractivity contribution is 9.10. The maximum atomic E-state index is 12.2. The maximum Gasteiger partial charge on any atom is 0.335 e. The van der Waals surface area contributed by atoms with E-state index in [0.29, 0.717) is 16.6 Å². The van der Waals surface area contributed by atoms with Crippen LogP contribution in [0, 0.1) is 6.92 Å². The zero-order valence-corrected chi connectivity index (χ0v) is 13.5. The molecule has 0 aliphatic carbocycles. The molecule has 0 amide bonds. The van der Waals surface area contributed by atoms with Crippen molar-refractivity contribution in [2.24, 2.45) is 0 Å². The van der Waals surface area contributed by atoms with E-state index >= 15 is 0 Å². The molecule has 0 saturated carbocycles. The summed E-state index contributed by atoms with van der Waals surface area (Å²) >= 11 is 3.17. The van der Waals surface area contributed by atoms with E-state index in [1.807, 2.05) is 6.92 Å². The lowest BCUT2D eigenvalue weighted by molar-refractivity contribution is 0.0696. The number of sulfonamides is 1. The molecule has 0 aliphatic rings. The summed E-state index contributed by atoms with van der Waals surface area (Å²) in [6, 6.07) is 2.52. The topological polar surface area (TPSA) is 92.7 Å². The van der Waals surface area contributed by atoms with Crippen LogP contribution >= 0.6 is 15.9 Å². The minimum Gasteiger partial charge on any atom is -0.478 e. The average Bonchev–Trinajstić information content (AvgIpc) is 2.37. The molecule has 0 bridgehead atoms. The first kappa shape index (κ1) is 17.1. The Morgan fingerprint density at radius 2 is 2.10 bits per heavy atom. The molecule has 6 nitrogen and oxygen atoms in total. The number of rotatable bonds is 7. The van der Waals surface area contributed by atoms with Crippen molar-refractivity contribution in [2.45, 2.75) is 18.7 Å². The predicted octanol–water partition coefficient (Wildman–Crippen LogP) is 1.77. The molecule has 0 aliphatic heterocycles. The van der Waals surface area contributed by atoms with Crippen LogP contribution in [-0.4, -0.2) is 39.3 Å². The Bertz CT molecular complexity index is 600. The van der Waals surface area contributed by atoms with Gasteiger partial charge in [0, 0.05) is 17.6 Å². The number of hydrogen-bond donors (Lipinski definition) is 2. The maximum absolute atomic E-state index is 12.2. The number of halogens is 1. The van der Waals surface area contributed by atoms with Gasteiger partial charge in [0.2, 0.25) is 10.0 Å². The number of ether oxygens (including phenoxy) is 1. The van der Waals surface area contributed by atoms with Gasteiger partial charge in [-0.3, -0.25) is 0 Å². The highest BCUT2D eigenvalue weighted by Gasteiger charge is 2.20. The molecule has 0 unspecified atom stereocenters. The summed E-state index contributed by atoms with van der Waals surface area (Å²) in [6.07, 6.45) is 0. The number of carboxylic acid groups (broad SMARTS) is 1. The van der Waals surface area contributed by atoms with Crippen molar-refractivity contribution in [3.05, 3.63) is 27.7 Å². The summed E-state index contributed by atoms with van der Waals surface area (Å²) in [5.41, 5.74) is 0.367. The van der Waals surface area contributed by atoms with E-state index in [4.69, 9.17) is 9.84 Å². The molecule has 8 heteroatoms. The second kappa shape index (κ2) is 7.16. The van der Waals surface area contributed by atoms with Gasteiger partial charge < -0.3 is 9.84 Å². The van der Waals surface area contributed by atoms with E-state index in [9.17, 15) is 13.2 Å². The molecule has 0 fully saturated rings. The van der Waals surface area contributed by atoms with Crippen LogP contribution in [0.25, 0.3) is 0 Å². The van der Waals surface area contributed by atoms with E-state index < -0.39 is 16.0 Å². The first-order valence-corrected chi connectivity index (χ1v) is 8.18.